The van der Waals surface area contributed by atoms with Crippen molar-refractivity contribution >= 4 is 17.8 Å². The molecule has 1 fully saturated rings. The molecule has 1 N–H and O–H groups in total. The molecule has 1 aliphatic heterocycles. The van der Waals surface area contributed by atoms with Crippen LogP contribution in [-0.4, -0.2) is 60.4 Å². The summed E-state index contributed by atoms with van der Waals surface area (Å²) in [6.45, 7) is 7.19. The van der Waals surface area contributed by atoms with Gasteiger partial charge in [-0.2, -0.15) is 0 Å². The lowest BCUT2D eigenvalue weighted by atomic mass is 10.1. The van der Waals surface area contributed by atoms with Crippen molar-refractivity contribution in [1.82, 2.24) is 15.1 Å². The fourth-order valence-electron chi connectivity index (χ4n) is 2.62. The normalized spacial score (nSPS) is 14.3. The van der Waals surface area contributed by atoms with Crippen LogP contribution in [0.1, 0.15) is 24.5 Å². The number of benzene rings is 1. The number of hydrogen-bond acceptors (Lipinski definition) is 4. The van der Waals surface area contributed by atoms with Crippen molar-refractivity contribution in [3.05, 3.63) is 29.3 Å². The molecule has 0 bridgehead atoms. The van der Waals surface area contributed by atoms with Crippen LogP contribution in [0.2, 0.25) is 0 Å². The third kappa shape index (κ3) is 4.71. The molecule has 0 radical (unpaired) electrons. The third-order valence-corrected chi connectivity index (χ3v) is 4.36. The Hall–Kier alpha value is -2.57. The van der Waals surface area contributed by atoms with Crippen molar-refractivity contribution in [3.63, 3.8) is 0 Å². The molecule has 0 saturated carbocycles. The molecule has 0 aromatic heterocycles. The summed E-state index contributed by atoms with van der Waals surface area (Å²) in [5.41, 5.74) is 2.23. The van der Waals surface area contributed by atoms with Crippen molar-refractivity contribution in [1.29, 1.82) is 0 Å². The summed E-state index contributed by atoms with van der Waals surface area (Å²) in [5.74, 6) is 0.214. The summed E-state index contributed by atoms with van der Waals surface area (Å²) < 4.78 is 5.78. The van der Waals surface area contributed by atoms with Gasteiger partial charge in [-0.25, -0.2) is 4.79 Å². The second-order valence-corrected chi connectivity index (χ2v) is 5.98. The van der Waals surface area contributed by atoms with E-state index in [1.165, 1.54) is 0 Å². The number of aryl methyl sites for hydroxylation is 1. The Kier molecular flexibility index (Phi) is 6.38. The minimum atomic E-state index is -0.507. The zero-order chi connectivity index (χ0) is 18.4. The monoisotopic (exact) mass is 347 g/mol. The van der Waals surface area contributed by atoms with E-state index in [0.717, 1.165) is 21.8 Å². The van der Waals surface area contributed by atoms with E-state index in [1.807, 2.05) is 39.0 Å². The molecule has 1 saturated heterocycles. The zero-order valence-corrected chi connectivity index (χ0v) is 15.0. The molecule has 0 atom stereocenters. The molecule has 2 rings (SSSR count). The van der Waals surface area contributed by atoms with Gasteiger partial charge in [0, 0.05) is 19.5 Å². The van der Waals surface area contributed by atoms with Crippen LogP contribution in [0.3, 0.4) is 0 Å². The number of nitrogens with one attached hydrogen (secondary N) is 1. The van der Waals surface area contributed by atoms with E-state index in [0.29, 0.717) is 26.2 Å². The highest BCUT2D eigenvalue weighted by Crippen LogP contribution is 2.20. The Balaban J connectivity index is 1.88. The van der Waals surface area contributed by atoms with E-state index in [-0.39, 0.29) is 24.8 Å². The smallest absolute Gasteiger partial charge is 0.324 e. The van der Waals surface area contributed by atoms with Crippen molar-refractivity contribution in [2.24, 2.45) is 0 Å². The lowest BCUT2D eigenvalue weighted by Crippen LogP contribution is -2.53. The minimum Gasteiger partial charge on any atom is -0.491 e. The maximum atomic E-state index is 12.4. The van der Waals surface area contributed by atoms with Gasteiger partial charge in [0.15, 0.2) is 0 Å². The van der Waals surface area contributed by atoms with Crippen molar-refractivity contribution in [2.75, 3.05) is 32.8 Å². The third-order valence-electron chi connectivity index (χ3n) is 4.36. The van der Waals surface area contributed by atoms with Crippen LogP contribution in [0.15, 0.2) is 18.2 Å². The molecule has 7 nitrogen and oxygen atoms in total. The fraction of sp³-hybridized carbons (Fsp3) is 0.500. The number of imide groups is 1. The fourth-order valence-corrected chi connectivity index (χ4v) is 2.62. The first kappa shape index (κ1) is 18.8. The molecule has 0 aliphatic carbocycles. The maximum absolute atomic E-state index is 12.4. The van der Waals surface area contributed by atoms with Gasteiger partial charge in [-0.1, -0.05) is 12.1 Å². The topological polar surface area (TPSA) is 79.0 Å². The lowest BCUT2D eigenvalue weighted by molar-refractivity contribution is -0.138. The number of ether oxygens (including phenoxy) is 1. The van der Waals surface area contributed by atoms with E-state index in [4.69, 9.17) is 4.74 Å². The van der Waals surface area contributed by atoms with Gasteiger partial charge in [0.25, 0.3) is 0 Å². The molecule has 136 valence electrons. The van der Waals surface area contributed by atoms with Gasteiger partial charge >= 0.3 is 6.03 Å². The number of rotatable bonds is 7. The second-order valence-electron chi connectivity index (χ2n) is 5.98. The van der Waals surface area contributed by atoms with Gasteiger partial charge in [0.05, 0.1) is 6.54 Å². The highest BCUT2D eigenvalue weighted by Gasteiger charge is 2.28. The average Bonchev–Trinajstić information content (AvgIpc) is 2.58. The van der Waals surface area contributed by atoms with Gasteiger partial charge in [-0.05, 0) is 38.0 Å². The minimum absolute atomic E-state index is 0.223. The quantitative estimate of drug-likeness (QED) is 0.810. The summed E-state index contributed by atoms with van der Waals surface area (Å²) in [5, 5.41) is 2.57. The highest BCUT2D eigenvalue weighted by atomic mass is 16.5. The number of urea groups is 1. The lowest BCUT2D eigenvalue weighted by Gasteiger charge is -2.28. The molecule has 7 heteroatoms. The van der Waals surface area contributed by atoms with Gasteiger partial charge in [-0.3, -0.25) is 14.5 Å². The molecular weight excluding hydrogens is 322 g/mol. The van der Waals surface area contributed by atoms with Crippen LogP contribution in [0.4, 0.5) is 4.79 Å². The molecule has 0 spiro atoms. The number of carbonyl (C=O) groups excluding carboxylic acids is 3. The van der Waals surface area contributed by atoms with Crippen LogP contribution in [-0.2, 0) is 9.59 Å². The number of hydrogen-bond donors (Lipinski definition) is 1. The van der Waals surface area contributed by atoms with E-state index >= 15 is 0 Å². The molecule has 0 unspecified atom stereocenters. The van der Waals surface area contributed by atoms with Crippen molar-refractivity contribution < 1.29 is 19.1 Å². The Morgan fingerprint density at radius 2 is 2.08 bits per heavy atom. The Morgan fingerprint density at radius 3 is 2.76 bits per heavy atom. The van der Waals surface area contributed by atoms with Gasteiger partial charge < -0.3 is 15.0 Å². The molecule has 1 aromatic rings. The first-order chi connectivity index (χ1) is 11.9. The highest BCUT2D eigenvalue weighted by molar-refractivity contribution is 6.00. The summed E-state index contributed by atoms with van der Waals surface area (Å²) in [4.78, 5) is 38.5. The van der Waals surface area contributed by atoms with Gasteiger partial charge in [0.1, 0.15) is 18.9 Å². The van der Waals surface area contributed by atoms with Crippen LogP contribution in [0, 0.1) is 13.8 Å². The van der Waals surface area contributed by atoms with Crippen LogP contribution in [0.5, 0.6) is 5.75 Å². The first-order valence-electron chi connectivity index (χ1n) is 8.49. The Labute approximate surface area is 147 Å². The van der Waals surface area contributed by atoms with Crippen LogP contribution < -0.4 is 10.1 Å². The predicted molar refractivity (Wildman–Crippen MR) is 93.4 cm³/mol. The van der Waals surface area contributed by atoms with E-state index in [9.17, 15) is 14.4 Å². The summed E-state index contributed by atoms with van der Waals surface area (Å²) in [6.07, 6.45) is 0.223. The molecule has 1 aliphatic rings. The maximum Gasteiger partial charge on any atom is 0.324 e. The predicted octanol–water partition coefficient (Wildman–Crippen LogP) is 1.47. The first-order valence-corrected chi connectivity index (χ1v) is 8.49. The number of likely N-dealkylation sites (N-methyl/N-ethyl adjacent to an activating group) is 1. The van der Waals surface area contributed by atoms with Gasteiger partial charge in [-0.15, -0.1) is 0 Å². The molecule has 1 aromatic carbocycles. The Bertz CT molecular complexity index is 644. The van der Waals surface area contributed by atoms with E-state index < -0.39 is 6.03 Å². The van der Waals surface area contributed by atoms with E-state index in [2.05, 4.69) is 5.32 Å². The average molecular weight is 347 g/mol. The largest absolute Gasteiger partial charge is 0.491 e. The number of nitrogens with zero attached hydrogens (tertiary/aromatic N) is 2. The van der Waals surface area contributed by atoms with Crippen LogP contribution in [0.25, 0.3) is 0 Å². The zero-order valence-electron chi connectivity index (χ0n) is 15.0. The standard InChI is InChI=1S/C18H25N3O4/c1-4-20(10-11-25-15-7-5-6-13(2)14(15)3)17(23)12-21-16(22)8-9-19-18(21)24/h5-7H,4,8-12H2,1-3H3,(H,19,24). The Morgan fingerprint density at radius 1 is 1.32 bits per heavy atom. The summed E-state index contributed by atoms with van der Waals surface area (Å²) in [7, 11) is 0. The number of amides is 4. The molecule has 1 heterocycles. The molecular formula is C18H25N3O4. The van der Waals surface area contributed by atoms with Crippen molar-refractivity contribution in [2.45, 2.75) is 27.2 Å². The SMILES string of the molecule is CCN(CCOc1cccc(C)c1C)C(=O)CN1C(=O)CCNC1=O. The molecule has 25 heavy (non-hydrogen) atoms. The van der Waals surface area contributed by atoms with Gasteiger partial charge in [0.2, 0.25) is 11.8 Å². The second kappa shape index (κ2) is 8.50. The van der Waals surface area contributed by atoms with E-state index in [1.54, 1.807) is 4.90 Å². The summed E-state index contributed by atoms with van der Waals surface area (Å²) >= 11 is 0. The molecule has 4 amide bonds. The van der Waals surface area contributed by atoms with Crippen molar-refractivity contribution in [3.8, 4) is 5.75 Å². The number of carbonyl (C=O) groups is 3. The van der Waals surface area contributed by atoms with Crippen LogP contribution >= 0.6 is 0 Å². The summed E-state index contributed by atoms with van der Waals surface area (Å²) in [6, 6.07) is 5.34.